The summed E-state index contributed by atoms with van der Waals surface area (Å²) in [5, 5.41) is 13.3. The van der Waals surface area contributed by atoms with Gasteiger partial charge in [0, 0.05) is 39.3 Å². The van der Waals surface area contributed by atoms with E-state index in [1.165, 1.54) is 11.3 Å². The SMILES string of the molecule is Cc1ncc(-c2ccc(C(=O)Nc3nc4cc(N(C)C(=O)CN5CCOCC5)ccc4n3CCC(C)(C)O)s2)o1. The normalized spacial score (nSPS) is 14.5. The first-order valence-electron chi connectivity index (χ1n) is 13.2. The van der Waals surface area contributed by atoms with E-state index in [0.717, 1.165) is 23.5 Å². The predicted molar refractivity (Wildman–Crippen MR) is 154 cm³/mol. The molecule has 11 nitrogen and oxygen atoms in total. The lowest BCUT2D eigenvalue weighted by atomic mass is 10.1. The molecule has 1 fully saturated rings. The molecule has 1 saturated heterocycles. The Labute approximate surface area is 236 Å². The van der Waals surface area contributed by atoms with E-state index in [2.05, 4.69) is 15.2 Å². The highest BCUT2D eigenvalue weighted by atomic mass is 32.1. The van der Waals surface area contributed by atoms with E-state index in [1.54, 1.807) is 45.0 Å². The first kappa shape index (κ1) is 28.0. The van der Waals surface area contributed by atoms with Crippen molar-refractivity contribution in [1.82, 2.24) is 19.4 Å². The summed E-state index contributed by atoms with van der Waals surface area (Å²) in [7, 11) is 1.75. The van der Waals surface area contributed by atoms with Crippen LogP contribution in [0, 0.1) is 6.92 Å². The third kappa shape index (κ3) is 6.41. The zero-order valence-electron chi connectivity index (χ0n) is 23.1. The van der Waals surface area contributed by atoms with Crippen LogP contribution in [0.15, 0.2) is 40.9 Å². The summed E-state index contributed by atoms with van der Waals surface area (Å²) in [4.78, 5) is 40.1. The third-order valence-corrected chi connectivity index (χ3v) is 7.92. The van der Waals surface area contributed by atoms with E-state index in [9.17, 15) is 14.7 Å². The minimum atomic E-state index is -0.901. The lowest BCUT2D eigenvalue weighted by Crippen LogP contribution is -2.43. The number of carbonyl (C=O) groups is 2. The highest BCUT2D eigenvalue weighted by molar-refractivity contribution is 7.17. The molecule has 1 aromatic carbocycles. The number of anilines is 2. The maximum absolute atomic E-state index is 13.2. The van der Waals surface area contributed by atoms with Crippen molar-refractivity contribution < 1.29 is 23.8 Å². The zero-order chi connectivity index (χ0) is 28.4. The molecule has 0 aliphatic carbocycles. The molecule has 12 heteroatoms. The van der Waals surface area contributed by atoms with E-state index in [1.807, 2.05) is 28.8 Å². The molecule has 4 heterocycles. The molecule has 0 saturated carbocycles. The fraction of sp³-hybridized carbons (Fsp3) is 0.429. The number of aliphatic hydroxyl groups is 1. The molecule has 4 aromatic rings. The van der Waals surface area contributed by atoms with Crippen molar-refractivity contribution in [3.8, 4) is 10.6 Å². The van der Waals surface area contributed by atoms with Crippen molar-refractivity contribution in [2.75, 3.05) is 50.1 Å². The van der Waals surface area contributed by atoms with Gasteiger partial charge in [-0.1, -0.05) is 0 Å². The van der Waals surface area contributed by atoms with Crippen LogP contribution in [0.1, 0.15) is 35.8 Å². The summed E-state index contributed by atoms with van der Waals surface area (Å²) in [6, 6.07) is 9.18. The topological polar surface area (TPSA) is 126 Å². The van der Waals surface area contributed by atoms with E-state index in [-0.39, 0.29) is 11.8 Å². The summed E-state index contributed by atoms with van der Waals surface area (Å²) >= 11 is 1.30. The molecule has 0 spiro atoms. The van der Waals surface area contributed by atoms with Crippen LogP contribution in [0.4, 0.5) is 11.6 Å². The minimum absolute atomic E-state index is 0.0216. The number of nitrogens with zero attached hydrogens (tertiary/aromatic N) is 5. The number of rotatable bonds is 9. The lowest BCUT2D eigenvalue weighted by Gasteiger charge is -2.28. The Bertz CT molecular complexity index is 1510. The molecule has 2 amide bonds. The summed E-state index contributed by atoms with van der Waals surface area (Å²) in [5.41, 5.74) is 1.24. The van der Waals surface area contributed by atoms with Crippen molar-refractivity contribution in [3.63, 3.8) is 0 Å². The third-order valence-electron chi connectivity index (χ3n) is 6.82. The molecule has 0 radical (unpaired) electrons. The molecule has 1 aliphatic rings. The summed E-state index contributed by atoms with van der Waals surface area (Å²) in [5.74, 6) is 1.22. The van der Waals surface area contributed by atoms with E-state index >= 15 is 0 Å². The Morgan fingerprint density at radius 3 is 2.67 bits per heavy atom. The van der Waals surface area contributed by atoms with Crippen LogP contribution >= 0.6 is 11.3 Å². The average Bonchev–Trinajstić information content (AvgIpc) is 3.65. The van der Waals surface area contributed by atoms with Crippen molar-refractivity contribution >= 4 is 45.8 Å². The van der Waals surface area contributed by atoms with Crippen molar-refractivity contribution in [1.29, 1.82) is 0 Å². The average molecular weight is 567 g/mol. The van der Waals surface area contributed by atoms with Crippen molar-refractivity contribution in [2.24, 2.45) is 0 Å². The van der Waals surface area contributed by atoms with Crippen LogP contribution in [0.5, 0.6) is 0 Å². The van der Waals surface area contributed by atoms with Gasteiger partial charge in [-0.25, -0.2) is 9.97 Å². The Morgan fingerprint density at radius 1 is 1.20 bits per heavy atom. The van der Waals surface area contributed by atoms with E-state index in [0.29, 0.717) is 66.4 Å². The lowest BCUT2D eigenvalue weighted by molar-refractivity contribution is -0.120. The van der Waals surface area contributed by atoms with Crippen LogP contribution in [0.2, 0.25) is 0 Å². The Hall–Kier alpha value is -3.58. The van der Waals surface area contributed by atoms with Gasteiger partial charge in [0.05, 0.1) is 52.3 Å². The van der Waals surface area contributed by atoms with Crippen molar-refractivity contribution in [3.05, 3.63) is 47.3 Å². The number of oxazole rings is 1. The number of amides is 2. The predicted octanol–water partition coefficient (Wildman–Crippen LogP) is 3.77. The highest BCUT2D eigenvalue weighted by Crippen LogP contribution is 2.30. The first-order valence-corrected chi connectivity index (χ1v) is 14.0. The summed E-state index contributed by atoms with van der Waals surface area (Å²) in [6.07, 6.45) is 2.09. The number of morpholine rings is 1. The number of likely N-dealkylation sites (N-methyl/N-ethyl adjacent to an activating group) is 1. The molecular formula is C28H34N6O5S. The number of imidazole rings is 1. The maximum atomic E-state index is 13.2. The number of thiophene rings is 1. The number of benzene rings is 1. The highest BCUT2D eigenvalue weighted by Gasteiger charge is 2.22. The molecule has 3 aromatic heterocycles. The van der Waals surface area contributed by atoms with Gasteiger partial charge < -0.3 is 23.7 Å². The molecule has 2 N–H and O–H groups in total. The monoisotopic (exact) mass is 566 g/mol. The Kier molecular flexibility index (Phi) is 8.04. The molecular weight excluding hydrogens is 532 g/mol. The molecule has 1 aliphatic heterocycles. The standard InChI is InChI=1S/C28H34N6O5S/c1-18-29-16-22(39-18)23-7-8-24(40-23)26(36)31-27-30-20-15-19(5-6-21(20)34(27)10-9-28(2,3)37)32(4)25(35)17-33-11-13-38-14-12-33/h5-8,15-16,37H,9-14,17H2,1-4H3,(H,30,31,36). The van der Waals surface area contributed by atoms with Gasteiger partial charge in [-0.15, -0.1) is 11.3 Å². The number of aryl methyl sites for hydroxylation is 2. The number of hydrogen-bond acceptors (Lipinski definition) is 9. The smallest absolute Gasteiger partial charge is 0.268 e. The first-order chi connectivity index (χ1) is 19.1. The van der Waals surface area contributed by atoms with Crippen LogP contribution in [0.25, 0.3) is 21.7 Å². The molecule has 5 rings (SSSR count). The van der Waals surface area contributed by atoms with Crippen molar-refractivity contribution in [2.45, 2.75) is 39.3 Å². The number of ether oxygens (including phenoxy) is 1. The number of hydrogen-bond donors (Lipinski definition) is 2. The van der Waals surface area contributed by atoms with E-state index in [4.69, 9.17) is 14.1 Å². The quantitative estimate of drug-likeness (QED) is 0.314. The molecule has 0 bridgehead atoms. The largest absolute Gasteiger partial charge is 0.440 e. The van der Waals surface area contributed by atoms with Gasteiger partial charge >= 0.3 is 0 Å². The maximum Gasteiger partial charge on any atom is 0.268 e. The summed E-state index contributed by atoms with van der Waals surface area (Å²) in [6.45, 7) is 8.74. The minimum Gasteiger partial charge on any atom is -0.440 e. The van der Waals surface area contributed by atoms with Gasteiger partial charge in [-0.05, 0) is 50.6 Å². The van der Waals surface area contributed by atoms with Crippen LogP contribution in [0.3, 0.4) is 0 Å². The van der Waals surface area contributed by atoms with Gasteiger partial charge in [0.25, 0.3) is 5.91 Å². The van der Waals surface area contributed by atoms with Gasteiger partial charge in [0.1, 0.15) is 0 Å². The number of carbonyl (C=O) groups excluding carboxylic acids is 2. The fourth-order valence-electron chi connectivity index (χ4n) is 4.47. The Morgan fingerprint density at radius 2 is 1.98 bits per heavy atom. The Balaban J connectivity index is 1.39. The van der Waals surface area contributed by atoms with Crippen LogP contribution in [-0.4, -0.2) is 81.9 Å². The number of fused-ring (bicyclic) bond motifs is 1. The second-order valence-corrected chi connectivity index (χ2v) is 11.6. The van der Waals surface area contributed by atoms with Gasteiger partial charge in [0.2, 0.25) is 11.9 Å². The molecule has 0 unspecified atom stereocenters. The second-order valence-electron chi connectivity index (χ2n) is 10.5. The van der Waals surface area contributed by atoms with Crippen LogP contribution < -0.4 is 10.2 Å². The van der Waals surface area contributed by atoms with Gasteiger partial charge in [-0.2, -0.15) is 0 Å². The number of nitrogens with one attached hydrogen (secondary N) is 1. The van der Waals surface area contributed by atoms with E-state index < -0.39 is 5.60 Å². The van der Waals surface area contributed by atoms with Gasteiger partial charge in [-0.3, -0.25) is 19.8 Å². The number of aromatic nitrogens is 3. The molecule has 40 heavy (non-hydrogen) atoms. The summed E-state index contributed by atoms with van der Waals surface area (Å²) < 4.78 is 12.9. The molecule has 0 atom stereocenters. The fourth-order valence-corrected chi connectivity index (χ4v) is 5.31. The zero-order valence-corrected chi connectivity index (χ0v) is 24.0. The van der Waals surface area contributed by atoms with Crippen LogP contribution in [-0.2, 0) is 16.1 Å². The van der Waals surface area contributed by atoms with Gasteiger partial charge in [0.15, 0.2) is 11.7 Å². The second kappa shape index (κ2) is 11.5. The molecule has 212 valence electrons.